The molecule has 0 unspecified atom stereocenters. The number of sulfonamides is 1. The van der Waals surface area contributed by atoms with Crippen molar-refractivity contribution in [2.24, 2.45) is 7.05 Å². The van der Waals surface area contributed by atoms with E-state index in [1.807, 2.05) is 11.6 Å². The van der Waals surface area contributed by atoms with Gasteiger partial charge in [-0.25, -0.2) is 13.4 Å². The van der Waals surface area contributed by atoms with Crippen molar-refractivity contribution in [1.29, 1.82) is 0 Å². The molecule has 1 amide bonds. The number of carbonyl (C=O) groups excluding carboxylic acids is 1. The molecule has 0 saturated heterocycles. The predicted octanol–water partition coefficient (Wildman–Crippen LogP) is 2.38. The summed E-state index contributed by atoms with van der Waals surface area (Å²) in [5.41, 5.74) is 0.261. The van der Waals surface area contributed by atoms with Gasteiger partial charge in [-0.05, 0) is 18.2 Å². The highest BCUT2D eigenvalue weighted by atomic mass is 35.5. The molecule has 1 aromatic heterocycles. The third-order valence-electron chi connectivity index (χ3n) is 4.15. The molecule has 7 nitrogen and oxygen atoms in total. The maximum absolute atomic E-state index is 12.8. The molecule has 0 aliphatic rings. The van der Waals surface area contributed by atoms with Gasteiger partial charge in [-0.15, -0.1) is 0 Å². The summed E-state index contributed by atoms with van der Waals surface area (Å²) in [7, 11) is -0.268. The molecule has 0 fully saturated rings. The quantitative estimate of drug-likeness (QED) is 0.717. The number of aromatic nitrogens is 2. The highest BCUT2D eigenvalue weighted by Crippen LogP contribution is 2.26. The molecule has 0 aliphatic carbocycles. The minimum Gasteiger partial charge on any atom is -0.337 e. The zero-order chi connectivity index (χ0) is 19.5. The van der Waals surface area contributed by atoms with E-state index in [1.165, 1.54) is 27.4 Å². The average molecular weight is 399 g/mol. The molecule has 0 bridgehead atoms. The molecule has 1 aromatic carbocycles. The fourth-order valence-corrected chi connectivity index (χ4v) is 4.55. The zero-order valence-corrected chi connectivity index (χ0v) is 16.9. The van der Waals surface area contributed by atoms with E-state index in [1.54, 1.807) is 33.3 Å². The van der Waals surface area contributed by atoms with Gasteiger partial charge in [0.05, 0.1) is 11.6 Å². The Kier molecular flexibility index (Phi) is 6.44. The summed E-state index contributed by atoms with van der Waals surface area (Å²) < 4.78 is 28.7. The Morgan fingerprint density at radius 2 is 1.92 bits per heavy atom. The predicted molar refractivity (Wildman–Crippen MR) is 101 cm³/mol. The maximum Gasteiger partial charge on any atom is 0.254 e. The SMILES string of the molecule is CCN(CC)S(=O)(=O)c1cc(C(=O)N(C)Cc2nccn2C)ccc1Cl. The van der Waals surface area contributed by atoms with Gasteiger partial charge < -0.3 is 9.47 Å². The molecule has 2 aromatic rings. The lowest BCUT2D eigenvalue weighted by molar-refractivity contribution is 0.0780. The molecule has 1 heterocycles. The van der Waals surface area contributed by atoms with Crippen LogP contribution in [0.2, 0.25) is 5.02 Å². The summed E-state index contributed by atoms with van der Waals surface area (Å²) in [4.78, 5) is 18.3. The second kappa shape index (κ2) is 8.20. The van der Waals surface area contributed by atoms with Crippen LogP contribution in [-0.4, -0.2) is 53.2 Å². The van der Waals surface area contributed by atoms with Gasteiger partial charge in [0.15, 0.2) is 0 Å². The standard InChI is InChI=1S/C17H23ClN4O3S/c1-5-22(6-2)26(24,25)15-11-13(7-8-14(15)18)17(23)21(4)12-16-19-9-10-20(16)3/h7-11H,5-6,12H2,1-4H3. The van der Waals surface area contributed by atoms with E-state index in [9.17, 15) is 13.2 Å². The number of halogens is 1. The van der Waals surface area contributed by atoms with Crippen molar-refractivity contribution in [3.05, 3.63) is 47.0 Å². The van der Waals surface area contributed by atoms with Crippen molar-refractivity contribution in [3.63, 3.8) is 0 Å². The van der Waals surface area contributed by atoms with Gasteiger partial charge in [0.1, 0.15) is 10.7 Å². The molecule has 9 heteroatoms. The third kappa shape index (κ3) is 4.08. The van der Waals surface area contributed by atoms with Gasteiger partial charge in [0, 0.05) is 45.1 Å². The molecule has 0 saturated carbocycles. The molecule has 0 spiro atoms. The van der Waals surface area contributed by atoms with Crippen molar-refractivity contribution < 1.29 is 13.2 Å². The second-order valence-corrected chi connectivity index (χ2v) is 8.16. The molecule has 2 rings (SSSR count). The van der Waals surface area contributed by atoms with Gasteiger partial charge in [-0.1, -0.05) is 25.4 Å². The van der Waals surface area contributed by atoms with E-state index >= 15 is 0 Å². The smallest absolute Gasteiger partial charge is 0.254 e. The van der Waals surface area contributed by atoms with Crippen molar-refractivity contribution in [2.45, 2.75) is 25.3 Å². The van der Waals surface area contributed by atoms with Crippen LogP contribution in [0.4, 0.5) is 0 Å². The lowest BCUT2D eigenvalue weighted by Crippen LogP contribution is -2.31. The fourth-order valence-electron chi connectivity index (χ4n) is 2.59. The molecule has 0 aliphatic heterocycles. The second-order valence-electron chi connectivity index (χ2n) is 5.85. The molecule has 0 N–H and O–H groups in total. The van der Waals surface area contributed by atoms with Gasteiger partial charge in [-0.3, -0.25) is 4.79 Å². The average Bonchev–Trinajstić information content (AvgIpc) is 3.00. The van der Waals surface area contributed by atoms with Gasteiger partial charge in [0.2, 0.25) is 10.0 Å². The van der Waals surface area contributed by atoms with Gasteiger partial charge in [0.25, 0.3) is 5.91 Å². The molecule has 26 heavy (non-hydrogen) atoms. The van der Waals surface area contributed by atoms with Crippen LogP contribution in [-0.2, 0) is 23.6 Å². The number of benzene rings is 1. The Morgan fingerprint density at radius 1 is 1.27 bits per heavy atom. The first-order valence-electron chi connectivity index (χ1n) is 8.23. The van der Waals surface area contributed by atoms with Gasteiger partial charge >= 0.3 is 0 Å². The van der Waals surface area contributed by atoms with E-state index < -0.39 is 10.0 Å². The summed E-state index contributed by atoms with van der Waals surface area (Å²) in [5, 5.41) is 0.0974. The van der Waals surface area contributed by atoms with Crippen LogP contribution in [0.1, 0.15) is 30.0 Å². The van der Waals surface area contributed by atoms with Crippen LogP contribution in [0.15, 0.2) is 35.5 Å². The summed E-state index contributed by atoms with van der Waals surface area (Å²) >= 11 is 6.11. The number of nitrogens with zero attached hydrogens (tertiary/aromatic N) is 4. The molecular weight excluding hydrogens is 376 g/mol. The molecular formula is C17H23ClN4O3S. The number of hydrogen-bond acceptors (Lipinski definition) is 4. The Balaban J connectivity index is 2.34. The summed E-state index contributed by atoms with van der Waals surface area (Å²) in [5.74, 6) is 0.423. The summed E-state index contributed by atoms with van der Waals surface area (Å²) in [6.07, 6.45) is 3.45. The van der Waals surface area contributed by atoms with Crippen LogP contribution in [0.5, 0.6) is 0 Å². The van der Waals surface area contributed by atoms with E-state index in [2.05, 4.69) is 4.98 Å². The number of rotatable bonds is 7. The van der Waals surface area contributed by atoms with E-state index in [0.29, 0.717) is 19.6 Å². The van der Waals surface area contributed by atoms with Crippen LogP contribution in [0, 0.1) is 0 Å². The van der Waals surface area contributed by atoms with E-state index in [4.69, 9.17) is 11.6 Å². The Morgan fingerprint density at radius 3 is 2.46 bits per heavy atom. The minimum absolute atomic E-state index is 0.0564. The van der Waals surface area contributed by atoms with Crippen molar-refractivity contribution in [1.82, 2.24) is 18.8 Å². The molecule has 142 valence electrons. The molecule has 0 radical (unpaired) electrons. The fraction of sp³-hybridized carbons (Fsp3) is 0.412. The highest BCUT2D eigenvalue weighted by Gasteiger charge is 2.26. The van der Waals surface area contributed by atoms with Crippen LogP contribution in [0.3, 0.4) is 0 Å². The lowest BCUT2D eigenvalue weighted by atomic mass is 10.2. The third-order valence-corrected chi connectivity index (χ3v) is 6.68. The van der Waals surface area contributed by atoms with Crippen molar-refractivity contribution in [2.75, 3.05) is 20.1 Å². The Hall–Kier alpha value is -1.90. The first kappa shape index (κ1) is 20.4. The summed E-state index contributed by atoms with van der Waals surface area (Å²) in [6.45, 7) is 4.47. The first-order valence-corrected chi connectivity index (χ1v) is 10.1. The Labute approximate surface area is 159 Å². The first-order chi connectivity index (χ1) is 12.2. The zero-order valence-electron chi connectivity index (χ0n) is 15.3. The lowest BCUT2D eigenvalue weighted by Gasteiger charge is -2.21. The van der Waals surface area contributed by atoms with E-state index in [0.717, 1.165) is 5.82 Å². The van der Waals surface area contributed by atoms with E-state index in [-0.39, 0.29) is 21.4 Å². The summed E-state index contributed by atoms with van der Waals surface area (Å²) in [6, 6.07) is 4.31. The number of carbonyl (C=O) groups is 1. The topological polar surface area (TPSA) is 75.5 Å². The monoisotopic (exact) mass is 398 g/mol. The van der Waals surface area contributed by atoms with Crippen LogP contribution >= 0.6 is 11.6 Å². The molecule has 0 atom stereocenters. The van der Waals surface area contributed by atoms with Crippen LogP contribution in [0.25, 0.3) is 0 Å². The van der Waals surface area contributed by atoms with Crippen molar-refractivity contribution >= 4 is 27.5 Å². The number of imidazole rings is 1. The number of amides is 1. The largest absolute Gasteiger partial charge is 0.337 e. The van der Waals surface area contributed by atoms with Crippen molar-refractivity contribution in [3.8, 4) is 0 Å². The van der Waals surface area contributed by atoms with Gasteiger partial charge in [-0.2, -0.15) is 4.31 Å². The number of hydrogen-bond donors (Lipinski definition) is 0. The number of aryl methyl sites for hydroxylation is 1. The maximum atomic E-state index is 12.8. The highest BCUT2D eigenvalue weighted by molar-refractivity contribution is 7.89. The van der Waals surface area contributed by atoms with Crippen LogP contribution < -0.4 is 0 Å². The normalized spacial score (nSPS) is 11.8. The Bertz CT molecular complexity index is 891. The minimum atomic E-state index is -3.76.